The lowest BCUT2D eigenvalue weighted by atomic mass is 9.83. The highest BCUT2D eigenvalue weighted by Gasteiger charge is 2.30. The normalized spacial score (nSPS) is 23.5. The fourth-order valence-corrected chi connectivity index (χ4v) is 3.18. The first-order chi connectivity index (χ1) is 9.56. The summed E-state index contributed by atoms with van der Waals surface area (Å²) in [5.74, 6) is 1.63. The van der Waals surface area contributed by atoms with E-state index >= 15 is 0 Å². The lowest BCUT2D eigenvalue weighted by Gasteiger charge is -2.38. The van der Waals surface area contributed by atoms with Gasteiger partial charge in [-0.05, 0) is 49.1 Å². The highest BCUT2D eigenvalue weighted by molar-refractivity contribution is 5.40. The van der Waals surface area contributed by atoms with Gasteiger partial charge in [-0.3, -0.25) is 0 Å². The van der Waals surface area contributed by atoms with Crippen LogP contribution in [-0.4, -0.2) is 31.6 Å². The second-order valence-electron chi connectivity index (χ2n) is 6.15. The number of rotatable bonds is 5. The molecule has 0 saturated carbocycles. The summed E-state index contributed by atoms with van der Waals surface area (Å²) in [5.41, 5.74) is 9.18. The topological polar surface area (TPSA) is 38.5 Å². The second-order valence-corrected chi connectivity index (χ2v) is 6.15. The molecule has 0 amide bonds. The summed E-state index contributed by atoms with van der Waals surface area (Å²) in [4.78, 5) is 2.45. The zero-order valence-corrected chi connectivity index (χ0v) is 13.2. The molecule has 0 bridgehead atoms. The van der Waals surface area contributed by atoms with Crippen molar-refractivity contribution in [3.05, 3.63) is 29.3 Å². The van der Waals surface area contributed by atoms with Crippen LogP contribution >= 0.6 is 0 Å². The number of methoxy groups -OCH3 is 1. The molecule has 0 radical (unpaired) electrons. The summed E-state index contributed by atoms with van der Waals surface area (Å²) >= 11 is 0. The molecule has 3 nitrogen and oxygen atoms in total. The molecule has 2 rings (SSSR count). The molecular formula is C17H28N2O. The predicted octanol–water partition coefficient (Wildman–Crippen LogP) is 2.99. The Morgan fingerprint density at radius 1 is 1.45 bits per heavy atom. The van der Waals surface area contributed by atoms with Crippen LogP contribution in [-0.2, 0) is 6.42 Å². The van der Waals surface area contributed by atoms with Crippen molar-refractivity contribution < 1.29 is 4.74 Å². The zero-order valence-electron chi connectivity index (χ0n) is 13.2. The number of hydrogen-bond acceptors (Lipinski definition) is 3. The van der Waals surface area contributed by atoms with Crippen LogP contribution in [0.3, 0.4) is 0 Å². The molecule has 3 heteroatoms. The van der Waals surface area contributed by atoms with E-state index in [-0.39, 0.29) is 6.04 Å². The molecule has 0 saturated heterocycles. The van der Waals surface area contributed by atoms with Crippen molar-refractivity contribution in [1.29, 1.82) is 0 Å². The van der Waals surface area contributed by atoms with Gasteiger partial charge in [-0.25, -0.2) is 0 Å². The van der Waals surface area contributed by atoms with Crippen LogP contribution in [0.4, 0.5) is 0 Å². The molecule has 1 aromatic carbocycles. The Kier molecular flexibility index (Phi) is 5.06. The van der Waals surface area contributed by atoms with Crippen LogP contribution in [0.1, 0.15) is 43.9 Å². The Hall–Kier alpha value is -1.06. The maximum absolute atomic E-state index is 6.54. The van der Waals surface area contributed by atoms with Gasteiger partial charge in [-0.2, -0.15) is 0 Å². The average molecular weight is 276 g/mol. The number of nitrogens with two attached hydrogens (primary N) is 1. The van der Waals surface area contributed by atoms with Crippen molar-refractivity contribution in [2.75, 3.05) is 20.7 Å². The SMILES string of the molecule is CCC(C)CN(C)C1CCc2ccc(OC)cc2C1N. The number of ether oxygens (including phenoxy) is 1. The summed E-state index contributed by atoms with van der Waals surface area (Å²) in [5, 5.41) is 0. The summed E-state index contributed by atoms with van der Waals surface area (Å²) in [7, 11) is 3.92. The lowest BCUT2D eigenvalue weighted by Crippen LogP contribution is -2.44. The Bertz CT molecular complexity index is 447. The van der Waals surface area contributed by atoms with E-state index in [2.05, 4.69) is 37.9 Å². The molecule has 0 heterocycles. The molecule has 3 unspecified atom stereocenters. The summed E-state index contributed by atoms with van der Waals surface area (Å²) < 4.78 is 5.34. The van der Waals surface area contributed by atoms with E-state index in [0.29, 0.717) is 6.04 Å². The maximum atomic E-state index is 6.54. The van der Waals surface area contributed by atoms with E-state index in [0.717, 1.165) is 31.1 Å². The van der Waals surface area contributed by atoms with Gasteiger partial charge in [0.2, 0.25) is 0 Å². The van der Waals surface area contributed by atoms with Gasteiger partial charge in [-0.15, -0.1) is 0 Å². The molecular weight excluding hydrogens is 248 g/mol. The van der Waals surface area contributed by atoms with E-state index in [1.54, 1.807) is 7.11 Å². The zero-order chi connectivity index (χ0) is 14.7. The highest BCUT2D eigenvalue weighted by Crippen LogP contribution is 2.33. The van der Waals surface area contributed by atoms with Gasteiger partial charge in [0, 0.05) is 18.6 Å². The van der Waals surface area contributed by atoms with Crippen molar-refractivity contribution in [2.45, 2.75) is 45.2 Å². The molecule has 1 aliphatic rings. The Labute approximate surface area is 123 Å². The first-order valence-corrected chi connectivity index (χ1v) is 7.69. The molecule has 1 aromatic rings. The number of hydrogen-bond donors (Lipinski definition) is 1. The first kappa shape index (κ1) is 15.3. The van der Waals surface area contributed by atoms with Crippen molar-refractivity contribution in [2.24, 2.45) is 11.7 Å². The van der Waals surface area contributed by atoms with Crippen LogP contribution in [0.25, 0.3) is 0 Å². The van der Waals surface area contributed by atoms with E-state index < -0.39 is 0 Å². The largest absolute Gasteiger partial charge is 0.497 e. The Morgan fingerprint density at radius 3 is 2.85 bits per heavy atom. The van der Waals surface area contributed by atoms with Crippen LogP contribution in [0.5, 0.6) is 5.75 Å². The van der Waals surface area contributed by atoms with Gasteiger partial charge in [0.1, 0.15) is 5.75 Å². The molecule has 2 N–H and O–H groups in total. The third-order valence-corrected chi connectivity index (χ3v) is 4.70. The minimum atomic E-state index is 0.0860. The highest BCUT2D eigenvalue weighted by atomic mass is 16.5. The first-order valence-electron chi connectivity index (χ1n) is 7.69. The minimum Gasteiger partial charge on any atom is -0.497 e. The molecule has 0 aromatic heterocycles. The van der Waals surface area contributed by atoms with Crippen molar-refractivity contribution in [1.82, 2.24) is 4.90 Å². The predicted molar refractivity (Wildman–Crippen MR) is 84.1 cm³/mol. The summed E-state index contributed by atoms with van der Waals surface area (Å²) in [6.07, 6.45) is 3.48. The minimum absolute atomic E-state index is 0.0860. The number of nitrogens with zero attached hydrogens (tertiary/aromatic N) is 1. The quantitative estimate of drug-likeness (QED) is 0.898. The average Bonchev–Trinajstić information content (AvgIpc) is 2.47. The van der Waals surface area contributed by atoms with Gasteiger partial charge in [0.15, 0.2) is 0 Å². The van der Waals surface area contributed by atoms with Gasteiger partial charge in [0.25, 0.3) is 0 Å². The smallest absolute Gasteiger partial charge is 0.119 e. The van der Waals surface area contributed by atoms with Gasteiger partial charge < -0.3 is 15.4 Å². The van der Waals surface area contributed by atoms with E-state index in [1.165, 1.54) is 17.5 Å². The van der Waals surface area contributed by atoms with Gasteiger partial charge >= 0.3 is 0 Å². The van der Waals surface area contributed by atoms with Crippen LogP contribution in [0.2, 0.25) is 0 Å². The second kappa shape index (κ2) is 6.59. The fraction of sp³-hybridized carbons (Fsp3) is 0.647. The Morgan fingerprint density at radius 2 is 2.20 bits per heavy atom. The number of fused-ring (bicyclic) bond motifs is 1. The molecule has 0 spiro atoms. The van der Waals surface area contributed by atoms with Crippen molar-refractivity contribution >= 4 is 0 Å². The fourth-order valence-electron chi connectivity index (χ4n) is 3.18. The van der Waals surface area contributed by atoms with Gasteiger partial charge in [-0.1, -0.05) is 26.3 Å². The van der Waals surface area contributed by atoms with E-state index in [4.69, 9.17) is 10.5 Å². The molecule has 0 aliphatic heterocycles. The Balaban J connectivity index is 2.15. The standard InChI is InChI=1S/C17H28N2O/c1-5-12(2)11-19(3)16-9-7-13-6-8-14(20-4)10-15(13)17(16)18/h6,8,10,12,16-17H,5,7,9,11,18H2,1-4H3. The van der Waals surface area contributed by atoms with Crippen LogP contribution in [0.15, 0.2) is 18.2 Å². The monoisotopic (exact) mass is 276 g/mol. The van der Waals surface area contributed by atoms with E-state index in [1.807, 2.05) is 6.07 Å². The molecule has 1 aliphatic carbocycles. The van der Waals surface area contributed by atoms with Crippen molar-refractivity contribution in [3.8, 4) is 5.75 Å². The lowest BCUT2D eigenvalue weighted by molar-refractivity contribution is 0.168. The third kappa shape index (κ3) is 3.15. The third-order valence-electron chi connectivity index (χ3n) is 4.70. The summed E-state index contributed by atoms with van der Waals surface area (Å²) in [6, 6.07) is 6.84. The van der Waals surface area contributed by atoms with Crippen LogP contribution < -0.4 is 10.5 Å². The molecule has 20 heavy (non-hydrogen) atoms. The maximum Gasteiger partial charge on any atom is 0.119 e. The number of likely N-dealkylation sites (N-methyl/N-ethyl adjacent to an activating group) is 1. The number of benzene rings is 1. The van der Waals surface area contributed by atoms with Crippen LogP contribution in [0, 0.1) is 5.92 Å². The molecule has 112 valence electrons. The molecule has 3 atom stereocenters. The van der Waals surface area contributed by atoms with Crippen molar-refractivity contribution in [3.63, 3.8) is 0 Å². The number of aryl methyl sites for hydroxylation is 1. The van der Waals surface area contributed by atoms with E-state index in [9.17, 15) is 0 Å². The van der Waals surface area contributed by atoms with Gasteiger partial charge in [0.05, 0.1) is 7.11 Å². The summed E-state index contributed by atoms with van der Waals surface area (Å²) in [6.45, 7) is 5.68. The molecule has 0 fully saturated rings.